The van der Waals surface area contributed by atoms with E-state index in [1.54, 1.807) is 12.3 Å². The third-order valence-corrected chi connectivity index (χ3v) is 3.42. The van der Waals surface area contributed by atoms with Crippen LogP contribution in [0.5, 0.6) is 0 Å². The zero-order chi connectivity index (χ0) is 11.6. The molecular weight excluding hydrogens is 319 g/mol. The molecule has 2 N–H and O–H groups in total. The molecule has 0 atom stereocenters. The number of nitrogens with zero attached hydrogens (tertiary/aromatic N) is 1. The number of nitrogens with one attached hydrogen (secondary N) is 1. The normalized spacial score (nSPS) is 17.6. The average Bonchev–Trinajstić information content (AvgIpc) is 2.23. The highest BCUT2D eigenvalue weighted by Gasteiger charge is 2.34. The second kappa shape index (κ2) is 4.67. The predicted molar refractivity (Wildman–Crippen MR) is 68.1 cm³/mol. The minimum absolute atomic E-state index is 0.175. The molecule has 1 aromatic rings. The van der Waals surface area contributed by atoms with E-state index >= 15 is 0 Å². The van der Waals surface area contributed by atoms with Crippen molar-refractivity contribution < 1.29 is 9.90 Å². The molecule has 0 spiro atoms. The Morgan fingerprint density at radius 2 is 2.31 bits per heavy atom. The van der Waals surface area contributed by atoms with Crippen LogP contribution in [0, 0.1) is 3.57 Å². The van der Waals surface area contributed by atoms with Crippen LogP contribution in [-0.2, 0) is 0 Å². The van der Waals surface area contributed by atoms with Crippen molar-refractivity contribution in [1.29, 1.82) is 0 Å². The fraction of sp³-hybridized carbons (Fsp3) is 0.455. The van der Waals surface area contributed by atoms with E-state index in [2.05, 4.69) is 32.9 Å². The molecule has 1 aliphatic rings. The molecule has 5 heteroatoms. The first-order valence-electron chi connectivity index (χ1n) is 5.20. The molecule has 1 fully saturated rings. The van der Waals surface area contributed by atoms with E-state index in [0.717, 1.165) is 22.8 Å². The van der Waals surface area contributed by atoms with Crippen LogP contribution in [0.4, 0.5) is 0 Å². The fourth-order valence-electron chi connectivity index (χ4n) is 1.64. The smallest absolute Gasteiger partial charge is 0.252 e. The van der Waals surface area contributed by atoms with Crippen LogP contribution in [0.2, 0.25) is 0 Å². The molecule has 0 radical (unpaired) electrons. The van der Waals surface area contributed by atoms with Crippen LogP contribution in [0.3, 0.4) is 0 Å². The summed E-state index contributed by atoms with van der Waals surface area (Å²) in [6, 6.07) is 1.77. The van der Waals surface area contributed by atoms with Crippen molar-refractivity contribution in [2.24, 2.45) is 0 Å². The van der Waals surface area contributed by atoms with E-state index in [9.17, 15) is 9.90 Å². The number of hydrogen-bond donors (Lipinski definition) is 2. The molecule has 1 amide bonds. The lowest BCUT2D eigenvalue weighted by Crippen LogP contribution is -2.47. The maximum atomic E-state index is 11.7. The summed E-state index contributed by atoms with van der Waals surface area (Å²) in [5.41, 5.74) is -0.139. The van der Waals surface area contributed by atoms with Crippen LogP contribution in [0.15, 0.2) is 18.5 Å². The molecule has 86 valence electrons. The molecule has 0 aromatic carbocycles. The second-order valence-corrected chi connectivity index (χ2v) is 5.40. The molecule has 0 saturated heterocycles. The molecule has 1 aliphatic carbocycles. The van der Waals surface area contributed by atoms with Gasteiger partial charge in [-0.25, -0.2) is 0 Å². The second-order valence-electron chi connectivity index (χ2n) is 4.15. The van der Waals surface area contributed by atoms with Crippen LogP contribution in [0.25, 0.3) is 0 Å². The third-order valence-electron chi connectivity index (χ3n) is 2.83. The van der Waals surface area contributed by atoms with Gasteiger partial charge in [-0.1, -0.05) is 0 Å². The number of carbonyl (C=O) groups is 1. The Bertz CT molecular complexity index is 405. The summed E-state index contributed by atoms with van der Waals surface area (Å²) in [5, 5.41) is 12.6. The minimum atomic E-state index is -0.676. The molecule has 2 rings (SSSR count). The lowest BCUT2D eigenvalue weighted by molar-refractivity contribution is -0.0300. The first-order valence-corrected chi connectivity index (χ1v) is 6.28. The molecule has 1 saturated carbocycles. The van der Waals surface area contributed by atoms with Gasteiger partial charge in [0.25, 0.3) is 5.91 Å². The Morgan fingerprint density at radius 3 is 2.88 bits per heavy atom. The Morgan fingerprint density at radius 1 is 1.56 bits per heavy atom. The van der Waals surface area contributed by atoms with Gasteiger partial charge in [0.15, 0.2) is 0 Å². The van der Waals surface area contributed by atoms with E-state index in [1.807, 2.05) is 0 Å². The SMILES string of the molecule is O=C(NCC1(O)CCC1)c1cncc(I)c1. The number of carbonyl (C=O) groups excluding carboxylic acids is 1. The van der Waals surface area contributed by atoms with Crippen molar-refractivity contribution in [3.05, 3.63) is 27.6 Å². The van der Waals surface area contributed by atoms with Crippen molar-refractivity contribution in [2.75, 3.05) is 6.54 Å². The molecule has 1 heterocycles. The summed E-state index contributed by atoms with van der Waals surface area (Å²) in [4.78, 5) is 15.7. The quantitative estimate of drug-likeness (QED) is 0.821. The Labute approximate surface area is 108 Å². The predicted octanol–water partition coefficient (Wildman–Crippen LogP) is 1.33. The van der Waals surface area contributed by atoms with Crippen molar-refractivity contribution in [2.45, 2.75) is 24.9 Å². The number of aliphatic hydroxyl groups is 1. The Kier molecular flexibility index (Phi) is 3.44. The molecule has 0 bridgehead atoms. The van der Waals surface area contributed by atoms with Gasteiger partial charge in [0.1, 0.15) is 0 Å². The summed E-state index contributed by atoms with van der Waals surface area (Å²) < 4.78 is 0.924. The standard InChI is InChI=1S/C11H13IN2O2/c12-9-4-8(5-13-6-9)10(15)14-7-11(16)2-1-3-11/h4-6,16H,1-3,7H2,(H,14,15). The number of aromatic nitrogens is 1. The van der Waals surface area contributed by atoms with Crippen molar-refractivity contribution in [3.63, 3.8) is 0 Å². The first-order chi connectivity index (χ1) is 7.59. The first kappa shape index (κ1) is 11.8. The number of hydrogen-bond acceptors (Lipinski definition) is 3. The van der Waals surface area contributed by atoms with Crippen LogP contribution in [-0.4, -0.2) is 28.1 Å². The van der Waals surface area contributed by atoms with E-state index in [-0.39, 0.29) is 5.91 Å². The van der Waals surface area contributed by atoms with Crippen molar-refractivity contribution >= 4 is 28.5 Å². The van der Waals surface area contributed by atoms with Gasteiger partial charge in [-0.05, 0) is 47.9 Å². The summed E-state index contributed by atoms with van der Waals surface area (Å²) in [5.74, 6) is -0.175. The van der Waals surface area contributed by atoms with Crippen molar-refractivity contribution in [3.8, 4) is 0 Å². The monoisotopic (exact) mass is 332 g/mol. The molecule has 16 heavy (non-hydrogen) atoms. The topological polar surface area (TPSA) is 62.2 Å². The zero-order valence-corrected chi connectivity index (χ0v) is 10.9. The van der Waals surface area contributed by atoms with E-state index in [0.29, 0.717) is 12.1 Å². The number of amides is 1. The van der Waals surface area contributed by atoms with Gasteiger partial charge >= 0.3 is 0 Å². The number of rotatable bonds is 3. The average molecular weight is 332 g/mol. The van der Waals surface area contributed by atoms with E-state index in [4.69, 9.17) is 0 Å². The lowest BCUT2D eigenvalue weighted by Gasteiger charge is -2.36. The van der Waals surface area contributed by atoms with Crippen molar-refractivity contribution in [1.82, 2.24) is 10.3 Å². The lowest BCUT2D eigenvalue weighted by atomic mass is 9.80. The van der Waals surface area contributed by atoms with Gasteiger partial charge < -0.3 is 10.4 Å². The highest BCUT2D eigenvalue weighted by Crippen LogP contribution is 2.30. The maximum Gasteiger partial charge on any atom is 0.252 e. The highest BCUT2D eigenvalue weighted by molar-refractivity contribution is 14.1. The molecule has 4 nitrogen and oxygen atoms in total. The van der Waals surface area contributed by atoms with Gasteiger partial charge in [0.05, 0.1) is 11.2 Å². The van der Waals surface area contributed by atoms with Gasteiger partial charge in [-0.3, -0.25) is 9.78 Å². The third kappa shape index (κ3) is 2.70. The largest absolute Gasteiger partial charge is 0.388 e. The highest BCUT2D eigenvalue weighted by atomic mass is 127. The fourth-order valence-corrected chi connectivity index (χ4v) is 2.14. The summed E-state index contributed by atoms with van der Waals surface area (Å²) in [6.07, 6.45) is 5.81. The molecular formula is C11H13IN2O2. The number of halogens is 1. The Hall–Kier alpha value is -0.690. The van der Waals surface area contributed by atoms with Crippen LogP contribution < -0.4 is 5.32 Å². The van der Waals surface area contributed by atoms with Crippen LogP contribution in [0.1, 0.15) is 29.6 Å². The molecule has 1 aromatic heterocycles. The molecule has 0 unspecified atom stereocenters. The minimum Gasteiger partial charge on any atom is -0.388 e. The summed E-state index contributed by atoms with van der Waals surface area (Å²) >= 11 is 2.11. The van der Waals surface area contributed by atoms with Gasteiger partial charge in [0, 0.05) is 22.5 Å². The summed E-state index contributed by atoms with van der Waals surface area (Å²) in [7, 11) is 0. The number of pyridine rings is 1. The Balaban J connectivity index is 1.93. The van der Waals surface area contributed by atoms with Gasteiger partial charge in [-0.2, -0.15) is 0 Å². The van der Waals surface area contributed by atoms with E-state index in [1.165, 1.54) is 6.20 Å². The van der Waals surface area contributed by atoms with Gasteiger partial charge in [-0.15, -0.1) is 0 Å². The van der Waals surface area contributed by atoms with Crippen LogP contribution >= 0.6 is 22.6 Å². The summed E-state index contributed by atoms with van der Waals surface area (Å²) in [6.45, 7) is 0.331. The zero-order valence-electron chi connectivity index (χ0n) is 8.74. The molecule has 0 aliphatic heterocycles. The van der Waals surface area contributed by atoms with E-state index < -0.39 is 5.60 Å². The van der Waals surface area contributed by atoms with Gasteiger partial charge in [0.2, 0.25) is 0 Å². The maximum absolute atomic E-state index is 11.7.